The molecule has 6 nitrogen and oxygen atoms in total. The van der Waals surface area contributed by atoms with Gasteiger partial charge in [0.15, 0.2) is 11.5 Å². The van der Waals surface area contributed by atoms with Crippen LogP contribution in [0, 0.1) is 3.57 Å². The molecular formula is C24H27BrIN3O3. The van der Waals surface area contributed by atoms with Gasteiger partial charge in [0.1, 0.15) is 5.82 Å². The van der Waals surface area contributed by atoms with Crippen molar-refractivity contribution >= 4 is 55.6 Å². The van der Waals surface area contributed by atoms with Gasteiger partial charge in [-0.1, -0.05) is 36.7 Å². The minimum Gasteiger partial charge on any atom is -0.493 e. The second-order valence-electron chi connectivity index (χ2n) is 7.67. The maximum Gasteiger partial charge on any atom is 0.282 e. The highest BCUT2D eigenvalue weighted by Crippen LogP contribution is 2.34. The summed E-state index contributed by atoms with van der Waals surface area (Å²) < 4.78 is 14.7. The molecule has 0 radical (unpaired) electrons. The Bertz CT molecular complexity index is 1210. The first-order valence-electron chi connectivity index (χ1n) is 10.6. The molecular weight excluding hydrogens is 585 g/mol. The van der Waals surface area contributed by atoms with Crippen LogP contribution in [0.25, 0.3) is 10.9 Å². The van der Waals surface area contributed by atoms with Crippen molar-refractivity contribution in [2.24, 2.45) is 5.10 Å². The predicted octanol–water partition coefficient (Wildman–Crippen LogP) is 6.35. The van der Waals surface area contributed by atoms with Gasteiger partial charge in [0.25, 0.3) is 5.56 Å². The Morgan fingerprint density at radius 2 is 1.97 bits per heavy atom. The third kappa shape index (κ3) is 5.33. The maximum absolute atomic E-state index is 13.3. The van der Waals surface area contributed by atoms with Gasteiger partial charge in [-0.2, -0.15) is 9.78 Å². The largest absolute Gasteiger partial charge is 0.493 e. The summed E-state index contributed by atoms with van der Waals surface area (Å²) in [5, 5.41) is 5.07. The van der Waals surface area contributed by atoms with Crippen molar-refractivity contribution in [2.45, 2.75) is 52.6 Å². The fraction of sp³-hybridized carbons (Fsp3) is 0.375. The summed E-state index contributed by atoms with van der Waals surface area (Å²) in [5.41, 5.74) is 1.28. The Kier molecular flexibility index (Phi) is 8.32. The van der Waals surface area contributed by atoms with Crippen molar-refractivity contribution in [3.05, 3.63) is 60.1 Å². The summed E-state index contributed by atoms with van der Waals surface area (Å²) in [6.45, 7) is 8.22. The van der Waals surface area contributed by atoms with Crippen molar-refractivity contribution in [3.8, 4) is 11.5 Å². The first-order chi connectivity index (χ1) is 15.3. The second kappa shape index (κ2) is 10.8. The molecule has 0 aliphatic heterocycles. The lowest BCUT2D eigenvalue weighted by atomic mass is 10.1. The van der Waals surface area contributed by atoms with Crippen LogP contribution in [0.2, 0.25) is 0 Å². The Hall–Kier alpha value is -1.94. The molecule has 0 bridgehead atoms. The van der Waals surface area contributed by atoms with E-state index in [9.17, 15) is 4.79 Å². The van der Waals surface area contributed by atoms with Crippen LogP contribution in [0.5, 0.6) is 11.5 Å². The van der Waals surface area contributed by atoms with Gasteiger partial charge in [-0.05, 0) is 78.3 Å². The van der Waals surface area contributed by atoms with Gasteiger partial charge in [-0.15, -0.1) is 0 Å². The Labute approximate surface area is 210 Å². The molecule has 32 heavy (non-hydrogen) atoms. The van der Waals surface area contributed by atoms with E-state index in [1.54, 1.807) is 19.4 Å². The molecule has 0 saturated carbocycles. The zero-order valence-corrected chi connectivity index (χ0v) is 22.6. The van der Waals surface area contributed by atoms with E-state index < -0.39 is 0 Å². The molecule has 1 aromatic heterocycles. The third-order valence-electron chi connectivity index (χ3n) is 5.35. The van der Waals surface area contributed by atoms with E-state index in [0.717, 1.165) is 26.4 Å². The van der Waals surface area contributed by atoms with E-state index in [1.165, 1.54) is 4.68 Å². The number of hydrogen-bond donors (Lipinski definition) is 0. The highest BCUT2D eigenvalue weighted by molar-refractivity contribution is 14.1. The van der Waals surface area contributed by atoms with E-state index >= 15 is 0 Å². The van der Waals surface area contributed by atoms with Crippen LogP contribution < -0.4 is 15.0 Å². The minimum absolute atomic E-state index is 0.0777. The van der Waals surface area contributed by atoms with Crippen LogP contribution in [-0.2, 0) is 0 Å². The summed E-state index contributed by atoms with van der Waals surface area (Å²) in [6, 6.07) is 9.35. The molecule has 0 spiro atoms. The smallest absolute Gasteiger partial charge is 0.282 e. The number of rotatable bonds is 8. The number of fused-ring (bicyclic) bond motifs is 1. The maximum atomic E-state index is 13.3. The van der Waals surface area contributed by atoms with Gasteiger partial charge in [-0.25, -0.2) is 4.98 Å². The molecule has 0 aliphatic rings. The van der Waals surface area contributed by atoms with E-state index in [0.29, 0.717) is 28.2 Å². The van der Waals surface area contributed by atoms with Crippen molar-refractivity contribution < 1.29 is 9.47 Å². The molecule has 3 aromatic rings. The Morgan fingerprint density at radius 1 is 1.22 bits per heavy atom. The van der Waals surface area contributed by atoms with Gasteiger partial charge >= 0.3 is 0 Å². The van der Waals surface area contributed by atoms with Crippen molar-refractivity contribution in [3.63, 3.8) is 0 Å². The van der Waals surface area contributed by atoms with E-state index in [4.69, 9.17) is 14.5 Å². The molecule has 0 fully saturated rings. The fourth-order valence-corrected chi connectivity index (χ4v) is 4.23. The lowest BCUT2D eigenvalue weighted by molar-refractivity contribution is 0.206. The van der Waals surface area contributed by atoms with Gasteiger partial charge in [0, 0.05) is 10.4 Å². The summed E-state index contributed by atoms with van der Waals surface area (Å²) in [4.78, 5) is 18.0. The van der Waals surface area contributed by atoms with Crippen molar-refractivity contribution in [1.82, 2.24) is 9.66 Å². The monoisotopic (exact) mass is 611 g/mol. The molecule has 0 unspecified atom stereocenters. The number of ether oxygens (including phenoxy) is 2. The zero-order valence-electron chi connectivity index (χ0n) is 18.9. The molecule has 0 amide bonds. The standard InChI is InChI=1S/C24H27BrIN3O3/c1-6-14(3)23-28-20-9-8-17(25)12-18(20)24(30)29(23)27-13-16-10-19(26)22(21(11-16)31-5)32-15(4)7-2/h8-15H,6-7H2,1-5H3/t14-,15+/m0/s1. The fourth-order valence-electron chi connectivity index (χ4n) is 3.12. The van der Waals surface area contributed by atoms with Crippen LogP contribution >= 0.6 is 38.5 Å². The first kappa shape index (κ1) is 24.7. The van der Waals surface area contributed by atoms with Crippen molar-refractivity contribution in [2.75, 3.05) is 7.11 Å². The average molecular weight is 612 g/mol. The van der Waals surface area contributed by atoms with Crippen molar-refractivity contribution in [1.29, 1.82) is 0 Å². The number of aromatic nitrogens is 2. The number of hydrogen-bond acceptors (Lipinski definition) is 5. The van der Waals surface area contributed by atoms with E-state index in [2.05, 4.69) is 57.5 Å². The quantitative estimate of drug-likeness (QED) is 0.220. The van der Waals surface area contributed by atoms with Gasteiger partial charge in [-0.3, -0.25) is 4.79 Å². The van der Waals surface area contributed by atoms with Crippen LogP contribution in [0.1, 0.15) is 57.8 Å². The second-order valence-corrected chi connectivity index (χ2v) is 9.75. The summed E-state index contributed by atoms with van der Waals surface area (Å²) in [6.07, 6.45) is 3.49. The molecule has 0 saturated heterocycles. The Balaban J connectivity index is 2.10. The summed E-state index contributed by atoms with van der Waals surface area (Å²) >= 11 is 5.67. The number of nitrogens with zero attached hydrogens (tertiary/aromatic N) is 3. The average Bonchev–Trinajstić information content (AvgIpc) is 2.79. The molecule has 0 N–H and O–H groups in total. The number of methoxy groups -OCH3 is 1. The number of halogens is 2. The van der Waals surface area contributed by atoms with Crippen LogP contribution in [0.4, 0.5) is 0 Å². The van der Waals surface area contributed by atoms with Crippen LogP contribution in [0.3, 0.4) is 0 Å². The molecule has 8 heteroatoms. The molecule has 2 atom stereocenters. The summed E-state index contributed by atoms with van der Waals surface area (Å²) in [7, 11) is 1.62. The SMILES string of the molecule is CC[C@@H](C)Oc1c(I)cc(C=Nn2c([C@@H](C)CC)nc3ccc(Br)cc3c2=O)cc1OC. The van der Waals surface area contributed by atoms with Crippen LogP contribution in [0.15, 0.2) is 44.7 Å². The van der Waals surface area contributed by atoms with Gasteiger partial charge < -0.3 is 9.47 Å². The van der Waals surface area contributed by atoms with E-state index in [-0.39, 0.29) is 17.6 Å². The lowest BCUT2D eigenvalue weighted by Gasteiger charge is -2.17. The third-order valence-corrected chi connectivity index (χ3v) is 6.65. The molecule has 1 heterocycles. The Morgan fingerprint density at radius 3 is 2.62 bits per heavy atom. The molecule has 170 valence electrons. The van der Waals surface area contributed by atoms with Gasteiger partial charge in [0.05, 0.1) is 33.9 Å². The highest BCUT2D eigenvalue weighted by Gasteiger charge is 2.17. The lowest BCUT2D eigenvalue weighted by Crippen LogP contribution is -2.23. The number of benzene rings is 2. The topological polar surface area (TPSA) is 65.7 Å². The normalized spacial score (nSPS) is 13.5. The summed E-state index contributed by atoms with van der Waals surface area (Å²) in [5.74, 6) is 2.07. The predicted molar refractivity (Wildman–Crippen MR) is 141 cm³/mol. The zero-order chi connectivity index (χ0) is 23.4. The van der Waals surface area contributed by atoms with E-state index in [1.807, 2.05) is 38.1 Å². The minimum atomic E-state index is -0.193. The molecule has 0 aliphatic carbocycles. The van der Waals surface area contributed by atoms with Crippen LogP contribution in [-0.4, -0.2) is 29.1 Å². The molecule has 2 aromatic carbocycles. The van der Waals surface area contributed by atoms with Gasteiger partial charge in [0.2, 0.25) is 0 Å². The highest BCUT2D eigenvalue weighted by atomic mass is 127. The molecule has 3 rings (SSSR count). The first-order valence-corrected chi connectivity index (χ1v) is 12.5.